The number of allylic oxidation sites excluding steroid dienone is 1. The average Bonchev–Trinajstić information content (AvgIpc) is 3.95. The van der Waals surface area contributed by atoms with Gasteiger partial charge in [-0.25, -0.2) is 13.2 Å². The maximum Gasteiger partial charge on any atom is 0.410 e. The number of carbonyl (C=O) groups is 5. The van der Waals surface area contributed by atoms with E-state index in [1.54, 1.807) is 0 Å². The van der Waals surface area contributed by atoms with Crippen molar-refractivity contribution in [3.63, 3.8) is 0 Å². The number of halogens is 3. The molecule has 51 heavy (non-hydrogen) atoms. The summed E-state index contributed by atoms with van der Waals surface area (Å²) in [5.74, 6) is -4.62. The number of nitrogens with one attached hydrogen (secondary N) is 3. The third-order valence-electron chi connectivity index (χ3n) is 10.0. The van der Waals surface area contributed by atoms with E-state index in [4.69, 9.17) is 4.74 Å². The van der Waals surface area contributed by atoms with Crippen molar-refractivity contribution >= 4 is 45.8 Å². The van der Waals surface area contributed by atoms with E-state index >= 15 is 0 Å². The van der Waals surface area contributed by atoms with E-state index in [1.807, 2.05) is 35.1 Å². The van der Waals surface area contributed by atoms with Gasteiger partial charge in [0.05, 0.1) is 24.8 Å². The van der Waals surface area contributed by atoms with Crippen molar-refractivity contribution in [2.75, 3.05) is 6.54 Å². The van der Waals surface area contributed by atoms with Gasteiger partial charge in [-0.1, -0.05) is 36.4 Å². The minimum Gasteiger partial charge on any atom is -0.444 e. The molecule has 5 atom stereocenters. The van der Waals surface area contributed by atoms with E-state index in [2.05, 4.69) is 17.2 Å². The third-order valence-corrected chi connectivity index (χ3v) is 11.9. The number of ether oxygens (including phenoxy) is 1. The van der Waals surface area contributed by atoms with Crippen LogP contribution in [0.5, 0.6) is 0 Å². The molecule has 2 saturated carbocycles. The minimum absolute atomic E-state index is 0.00715. The van der Waals surface area contributed by atoms with Gasteiger partial charge in [-0.05, 0) is 55.2 Å². The van der Waals surface area contributed by atoms with Crippen LogP contribution in [0, 0.1) is 5.92 Å². The van der Waals surface area contributed by atoms with Crippen LogP contribution in [0.25, 0.3) is 6.08 Å². The van der Waals surface area contributed by atoms with E-state index < -0.39 is 93.8 Å². The Balaban J connectivity index is 1.27. The van der Waals surface area contributed by atoms with Crippen LogP contribution in [-0.4, -0.2) is 89.6 Å². The predicted molar refractivity (Wildman–Crippen MR) is 175 cm³/mol. The van der Waals surface area contributed by atoms with Gasteiger partial charge in [0.1, 0.15) is 23.7 Å². The molecule has 0 radical (unpaired) electrons. The van der Waals surface area contributed by atoms with Crippen LogP contribution in [0.1, 0.15) is 74.5 Å². The summed E-state index contributed by atoms with van der Waals surface area (Å²) in [4.78, 5) is 69.7. The molecule has 1 saturated heterocycles. The first-order valence-electron chi connectivity index (χ1n) is 17.0. The van der Waals surface area contributed by atoms with Gasteiger partial charge in [-0.2, -0.15) is 13.2 Å². The summed E-state index contributed by atoms with van der Waals surface area (Å²) in [5.41, 5.74) is 1.00. The van der Waals surface area contributed by atoms with E-state index in [1.165, 1.54) is 11.0 Å². The van der Waals surface area contributed by atoms with Gasteiger partial charge < -0.3 is 20.3 Å². The van der Waals surface area contributed by atoms with E-state index in [-0.39, 0.29) is 32.4 Å². The highest BCUT2D eigenvalue weighted by molar-refractivity contribution is 7.91. The van der Waals surface area contributed by atoms with Crippen LogP contribution in [-0.2, 0) is 47.0 Å². The second kappa shape index (κ2) is 14.0. The summed E-state index contributed by atoms with van der Waals surface area (Å²) in [6.45, 7) is 3.64. The third kappa shape index (κ3) is 8.07. The average molecular weight is 736 g/mol. The first-order valence-corrected chi connectivity index (χ1v) is 18.5. The molecule has 0 aromatic heterocycles. The lowest BCUT2D eigenvalue weighted by Gasteiger charge is -2.30. The molecule has 4 bridgehead atoms. The van der Waals surface area contributed by atoms with Crippen LogP contribution in [0.2, 0.25) is 0 Å². The fraction of sp³-hybridized carbons (Fsp3) is 0.559. The van der Waals surface area contributed by atoms with Gasteiger partial charge in [0, 0.05) is 25.3 Å². The molecule has 3 N–H and O–H groups in total. The lowest BCUT2D eigenvalue weighted by molar-refractivity contribution is -0.157. The standard InChI is InChI=1S/C34H40F3N5O8S/c1-2-22-15-33(22,31(46)40-51(48,49)24-12-13-24)39-29(44)27-14-23-18-42(27)30(45)26(16-34(35,36)37)38-28(43)11-6-4-3-5-8-20-9-7-10-21-17-41(19-25(20)21)32(47)50-23/h2,5,7-10,22-24,26-27H,1,3-4,6,11-19H2,(H,38,43)(H,39,44)(H,40,46)/b8-5+/t22-,23+,26-,27-,33+/m0/s1. The fourth-order valence-electron chi connectivity index (χ4n) is 7.00. The summed E-state index contributed by atoms with van der Waals surface area (Å²) < 4.78 is 74.2. The van der Waals surface area contributed by atoms with Crippen molar-refractivity contribution in [2.45, 2.75) is 106 Å². The maximum atomic E-state index is 13.9. The first kappa shape index (κ1) is 36.4. The van der Waals surface area contributed by atoms with Crippen LogP contribution in [0.15, 0.2) is 36.9 Å². The molecule has 5 amide bonds. The van der Waals surface area contributed by atoms with Gasteiger partial charge in [-0.15, -0.1) is 6.58 Å². The minimum atomic E-state index is -4.87. The number of nitrogens with zero attached hydrogens (tertiary/aromatic N) is 2. The lowest BCUT2D eigenvalue weighted by Crippen LogP contribution is -2.58. The predicted octanol–water partition coefficient (Wildman–Crippen LogP) is 2.80. The Hall–Kier alpha value is -4.41. The van der Waals surface area contributed by atoms with Gasteiger partial charge in [0.15, 0.2) is 0 Å². The number of carbonyl (C=O) groups excluding carboxylic acids is 5. The molecule has 17 heteroatoms. The number of benzene rings is 1. The van der Waals surface area contributed by atoms with Crippen molar-refractivity contribution in [2.24, 2.45) is 5.92 Å². The molecule has 0 unspecified atom stereocenters. The molecule has 276 valence electrons. The SMILES string of the molecule is C=C[C@H]1C[C@]1(NC(=O)[C@@H]1C[C@@H]2CN1C(=O)[C@H](CC(F)(F)F)NC(=O)CCCC/C=C/c1cccc3c1CN(C3)C(=O)O2)C(=O)NS(=O)(=O)C1CC1. The van der Waals surface area contributed by atoms with Gasteiger partial charge in [-0.3, -0.25) is 28.8 Å². The maximum absolute atomic E-state index is 13.9. The normalized spacial score (nSPS) is 29.2. The Kier molecular flexibility index (Phi) is 9.96. The van der Waals surface area contributed by atoms with Crippen LogP contribution in [0.4, 0.5) is 18.0 Å². The number of sulfonamides is 1. The van der Waals surface area contributed by atoms with E-state index in [9.17, 15) is 45.6 Å². The first-order chi connectivity index (χ1) is 24.1. The topological polar surface area (TPSA) is 171 Å². The molecule has 3 heterocycles. The molecule has 1 aromatic rings. The molecule has 13 nitrogen and oxygen atoms in total. The smallest absolute Gasteiger partial charge is 0.410 e. The second-order valence-corrected chi connectivity index (χ2v) is 15.8. The summed E-state index contributed by atoms with van der Waals surface area (Å²) in [7, 11) is -4.00. The molecule has 3 aliphatic heterocycles. The zero-order chi connectivity index (χ0) is 36.7. The number of hydrogen-bond donors (Lipinski definition) is 3. The monoisotopic (exact) mass is 735 g/mol. The number of amides is 5. The van der Waals surface area contributed by atoms with Gasteiger partial charge >= 0.3 is 12.3 Å². The quantitative estimate of drug-likeness (QED) is 0.359. The molecule has 6 rings (SSSR count). The highest BCUT2D eigenvalue weighted by atomic mass is 32.2. The summed E-state index contributed by atoms with van der Waals surface area (Å²) >= 11 is 0. The molecular weight excluding hydrogens is 695 g/mol. The Morgan fingerprint density at radius 1 is 1.14 bits per heavy atom. The van der Waals surface area contributed by atoms with Crippen molar-refractivity contribution in [3.05, 3.63) is 53.6 Å². The zero-order valence-corrected chi connectivity index (χ0v) is 28.6. The van der Waals surface area contributed by atoms with Gasteiger partial charge in [0.25, 0.3) is 5.91 Å². The Labute approximate surface area is 293 Å². The van der Waals surface area contributed by atoms with Gasteiger partial charge in [0.2, 0.25) is 27.7 Å². The van der Waals surface area contributed by atoms with Crippen molar-refractivity contribution in [1.29, 1.82) is 0 Å². The van der Waals surface area contributed by atoms with E-state index in [0.717, 1.165) is 21.6 Å². The number of hydrogen-bond acceptors (Lipinski definition) is 8. The number of alkyl halides is 3. The number of fused-ring (bicyclic) bond motifs is 3. The van der Waals surface area contributed by atoms with Crippen LogP contribution in [0.3, 0.4) is 0 Å². The number of rotatable bonds is 7. The van der Waals surface area contributed by atoms with Crippen molar-refractivity contribution < 1.29 is 50.3 Å². The molecule has 5 aliphatic rings. The largest absolute Gasteiger partial charge is 0.444 e. The summed E-state index contributed by atoms with van der Waals surface area (Å²) in [6, 6.07) is 2.05. The van der Waals surface area contributed by atoms with Crippen LogP contribution >= 0.6 is 0 Å². The second-order valence-electron chi connectivity index (χ2n) is 13.9. The summed E-state index contributed by atoms with van der Waals surface area (Å²) in [6.07, 6.45) is -1.52. The zero-order valence-electron chi connectivity index (χ0n) is 27.7. The summed E-state index contributed by atoms with van der Waals surface area (Å²) in [5, 5.41) is 4.01. The molecule has 1 aromatic carbocycles. The fourth-order valence-corrected chi connectivity index (χ4v) is 8.36. The molecule has 0 spiro atoms. The molecular formula is C34H40F3N5O8S. The molecule has 2 aliphatic carbocycles. The van der Waals surface area contributed by atoms with Crippen molar-refractivity contribution in [1.82, 2.24) is 25.2 Å². The highest BCUT2D eigenvalue weighted by Crippen LogP contribution is 2.45. The van der Waals surface area contributed by atoms with E-state index in [0.29, 0.717) is 32.1 Å². The Morgan fingerprint density at radius 3 is 2.59 bits per heavy atom. The van der Waals surface area contributed by atoms with Crippen LogP contribution < -0.4 is 15.4 Å². The Morgan fingerprint density at radius 2 is 1.90 bits per heavy atom. The Bertz CT molecular complexity index is 1760. The van der Waals surface area contributed by atoms with Crippen molar-refractivity contribution in [3.8, 4) is 0 Å². The molecule has 3 fully saturated rings. The highest BCUT2D eigenvalue weighted by Gasteiger charge is 2.62. The lowest BCUT2D eigenvalue weighted by atomic mass is 10.0.